The molecule has 10 heavy (non-hydrogen) atoms. The Morgan fingerprint density at radius 2 is 2.30 bits per heavy atom. The van der Waals surface area contributed by atoms with E-state index in [4.69, 9.17) is 11.5 Å². The van der Waals surface area contributed by atoms with Crippen molar-refractivity contribution >= 4 is 16.9 Å². The Balaban J connectivity index is 3.21. The van der Waals surface area contributed by atoms with Crippen molar-refractivity contribution in [3.63, 3.8) is 0 Å². The fourth-order valence-corrected chi connectivity index (χ4v) is 1.20. The molecule has 0 aromatic rings. The van der Waals surface area contributed by atoms with E-state index in [0.717, 1.165) is 25.3 Å². The maximum atomic E-state index is 5.50. The number of amidine groups is 1. The zero-order chi connectivity index (χ0) is 7.82. The van der Waals surface area contributed by atoms with Gasteiger partial charge < -0.3 is 11.5 Å². The zero-order valence-electron chi connectivity index (χ0n) is 6.34. The number of thioether (sulfide) groups is 1. The van der Waals surface area contributed by atoms with Crippen molar-refractivity contribution in [1.29, 1.82) is 0 Å². The van der Waals surface area contributed by atoms with Gasteiger partial charge in [0.1, 0.15) is 0 Å². The van der Waals surface area contributed by atoms with Gasteiger partial charge in [-0.15, -0.1) is 0 Å². The highest BCUT2D eigenvalue weighted by Gasteiger charge is 1.90. The fraction of sp³-hybridized carbons (Fsp3) is 0.833. The van der Waals surface area contributed by atoms with Crippen molar-refractivity contribution in [3.8, 4) is 0 Å². The van der Waals surface area contributed by atoms with Crippen molar-refractivity contribution < 1.29 is 0 Å². The lowest BCUT2D eigenvalue weighted by atomic mass is 10.5. The molecule has 0 saturated heterocycles. The normalized spacial score (nSPS) is 12.0. The van der Waals surface area contributed by atoms with Crippen LogP contribution in [0.2, 0.25) is 0 Å². The fourth-order valence-electron chi connectivity index (χ4n) is 0.462. The molecule has 0 atom stereocenters. The van der Waals surface area contributed by atoms with E-state index in [0.29, 0.717) is 5.17 Å². The van der Waals surface area contributed by atoms with Gasteiger partial charge in [-0.1, -0.05) is 11.8 Å². The second-order valence-corrected chi connectivity index (χ2v) is 2.92. The molecule has 0 fully saturated rings. The van der Waals surface area contributed by atoms with E-state index < -0.39 is 0 Å². The maximum absolute atomic E-state index is 5.50. The Hall–Kier alpha value is -0.220. The topological polar surface area (TPSA) is 64.4 Å². The van der Waals surface area contributed by atoms with Gasteiger partial charge in [-0.25, -0.2) is 0 Å². The molecule has 0 aliphatic carbocycles. The van der Waals surface area contributed by atoms with Gasteiger partial charge in [0.2, 0.25) is 0 Å². The zero-order valence-corrected chi connectivity index (χ0v) is 7.16. The third kappa shape index (κ3) is 5.91. The highest BCUT2D eigenvalue weighted by atomic mass is 32.2. The molecule has 0 aromatic carbocycles. The minimum absolute atomic E-state index is 0.677. The molecule has 0 saturated carbocycles. The van der Waals surface area contributed by atoms with Crippen LogP contribution in [0, 0.1) is 0 Å². The minimum atomic E-state index is 0.677. The van der Waals surface area contributed by atoms with E-state index in [1.54, 1.807) is 11.8 Å². The van der Waals surface area contributed by atoms with Gasteiger partial charge in [0.25, 0.3) is 0 Å². The summed E-state index contributed by atoms with van der Waals surface area (Å²) in [6.07, 6.45) is 1.00. The molecule has 0 amide bonds. The number of hydrogen-bond donors (Lipinski definition) is 2. The number of nitrogens with two attached hydrogens (primary N) is 2. The van der Waals surface area contributed by atoms with Crippen LogP contribution in [0.4, 0.5) is 0 Å². The quantitative estimate of drug-likeness (QED) is 0.356. The first-order chi connectivity index (χ1) is 4.81. The molecule has 4 heteroatoms. The Morgan fingerprint density at radius 3 is 2.80 bits per heavy atom. The number of hydrogen-bond acceptors (Lipinski definition) is 3. The highest BCUT2D eigenvalue weighted by Crippen LogP contribution is 2.00. The maximum Gasteiger partial charge on any atom is 0.153 e. The predicted molar refractivity (Wildman–Crippen MR) is 48.3 cm³/mol. The van der Waals surface area contributed by atoms with Crippen LogP contribution in [-0.2, 0) is 0 Å². The molecule has 0 spiro atoms. The van der Waals surface area contributed by atoms with Gasteiger partial charge in [0.05, 0.1) is 0 Å². The molecule has 4 N–H and O–H groups in total. The molecule has 0 radical (unpaired) electrons. The summed E-state index contributed by atoms with van der Waals surface area (Å²) in [7, 11) is 0. The molecule has 3 nitrogen and oxygen atoms in total. The predicted octanol–water partition coefficient (Wildman–Crippen LogP) is 0.403. The molecule has 0 aliphatic rings. The molecular weight excluding hydrogens is 146 g/mol. The second-order valence-electron chi connectivity index (χ2n) is 1.80. The summed E-state index contributed by atoms with van der Waals surface area (Å²) in [5, 5.41) is 0.677. The highest BCUT2D eigenvalue weighted by molar-refractivity contribution is 8.13. The molecule has 0 heterocycles. The lowest BCUT2D eigenvalue weighted by Gasteiger charge is -1.97. The van der Waals surface area contributed by atoms with Crippen LogP contribution in [0.3, 0.4) is 0 Å². The second kappa shape index (κ2) is 6.89. The average Bonchev–Trinajstić information content (AvgIpc) is 1.89. The van der Waals surface area contributed by atoms with E-state index in [9.17, 15) is 0 Å². The molecular formula is C6H15N3S. The van der Waals surface area contributed by atoms with Gasteiger partial charge in [-0.05, 0) is 19.9 Å². The summed E-state index contributed by atoms with van der Waals surface area (Å²) in [5.74, 6) is 0.978. The van der Waals surface area contributed by atoms with Crippen molar-refractivity contribution in [2.45, 2.75) is 13.3 Å². The summed E-state index contributed by atoms with van der Waals surface area (Å²) >= 11 is 1.57. The first-order valence-corrected chi connectivity index (χ1v) is 4.42. The Morgan fingerprint density at radius 1 is 1.60 bits per heavy atom. The van der Waals surface area contributed by atoms with E-state index in [-0.39, 0.29) is 0 Å². The van der Waals surface area contributed by atoms with E-state index in [2.05, 4.69) is 4.99 Å². The lowest BCUT2D eigenvalue weighted by Crippen LogP contribution is -2.09. The molecule has 0 aliphatic heterocycles. The monoisotopic (exact) mass is 161 g/mol. The minimum Gasteiger partial charge on any atom is -0.379 e. The average molecular weight is 161 g/mol. The van der Waals surface area contributed by atoms with Crippen LogP contribution in [-0.4, -0.2) is 24.0 Å². The van der Waals surface area contributed by atoms with E-state index >= 15 is 0 Å². The van der Waals surface area contributed by atoms with Crippen molar-refractivity contribution in [2.75, 3.05) is 18.8 Å². The number of nitrogens with zero attached hydrogens (tertiary/aromatic N) is 1. The number of rotatable bonds is 4. The molecule has 0 aromatic heterocycles. The molecule has 0 unspecified atom stereocenters. The third-order valence-electron chi connectivity index (χ3n) is 0.912. The first-order valence-electron chi connectivity index (χ1n) is 3.44. The van der Waals surface area contributed by atoms with Crippen LogP contribution in [0.1, 0.15) is 13.3 Å². The Labute approximate surface area is 66.3 Å². The summed E-state index contributed by atoms with van der Waals surface area (Å²) in [5.41, 5.74) is 10.8. The molecule has 60 valence electrons. The van der Waals surface area contributed by atoms with Gasteiger partial charge in [-0.3, -0.25) is 4.99 Å². The summed E-state index contributed by atoms with van der Waals surface area (Å²) in [6, 6.07) is 0. The summed E-state index contributed by atoms with van der Waals surface area (Å²) < 4.78 is 0. The van der Waals surface area contributed by atoms with Crippen LogP contribution in [0.25, 0.3) is 0 Å². The molecule has 0 rings (SSSR count). The van der Waals surface area contributed by atoms with Crippen LogP contribution >= 0.6 is 11.8 Å². The Bertz CT molecular complexity index is 103. The van der Waals surface area contributed by atoms with Crippen LogP contribution in [0.5, 0.6) is 0 Å². The van der Waals surface area contributed by atoms with Gasteiger partial charge >= 0.3 is 0 Å². The summed E-state index contributed by atoms with van der Waals surface area (Å²) in [4.78, 5) is 4.01. The van der Waals surface area contributed by atoms with E-state index in [1.807, 2.05) is 6.92 Å². The standard InChI is InChI=1S/C6H15N3S/c1-2-9-6(8)10-5-3-4-7/h2-5,7H2,1H3,(H2,8,9). The van der Waals surface area contributed by atoms with Gasteiger partial charge in [0.15, 0.2) is 5.17 Å². The molecule has 0 bridgehead atoms. The van der Waals surface area contributed by atoms with Crippen molar-refractivity contribution in [2.24, 2.45) is 16.5 Å². The lowest BCUT2D eigenvalue weighted by molar-refractivity contribution is 0.945. The van der Waals surface area contributed by atoms with E-state index in [1.165, 1.54) is 0 Å². The van der Waals surface area contributed by atoms with Crippen molar-refractivity contribution in [3.05, 3.63) is 0 Å². The largest absolute Gasteiger partial charge is 0.379 e. The van der Waals surface area contributed by atoms with Crippen molar-refractivity contribution in [1.82, 2.24) is 0 Å². The van der Waals surface area contributed by atoms with Gasteiger partial charge in [0, 0.05) is 12.3 Å². The van der Waals surface area contributed by atoms with Gasteiger partial charge in [-0.2, -0.15) is 0 Å². The first kappa shape index (κ1) is 9.78. The van der Waals surface area contributed by atoms with Crippen LogP contribution < -0.4 is 11.5 Å². The SMILES string of the molecule is CCN=C(N)SCCCN. The smallest absolute Gasteiger partial charge is 0.153 e. The third-order valence-corrected chi connectivity index (χ3v) is 1.83. The Kier molecular flexibility index (Phi) is 6.74. The summed E-state index contributed by atoms with van der Waals surface area (Å²) in [6.45, 7) is 3.46. The number of aliphatic imine (C=N–C) groups is 1. The van der Waals surface area contributed by atoms with Crippen LogP contribution in [0.15, 0.2) is 4.99 Å².